The van der Waals surface area contributed by atoms with E-state index in [4.69, 9.17) is 20.7 Å². The second kappa shape index (κ2) is 11.3. The number of aliphatic hydroxyl groups is 4. The number of aliphatic hydroxyl groups excluding tert-OH is 4. The van der Waals surface area contributed by atoms with Crippen LogP contribution in [0, 0.1) is 17.6 Å². The highest BCUT2D eigenvalue weighted by Crippen LogP contribution is 2.26. The number of carbonyl (C=O) groups is 1. The fourth-order valence-corrected chi connectivity index (χ4v) is 4.46. The maximum absolute atomic E-state index is 13.7. The number of rotatable bonds is 5. The summed E-state index contributed by atoms with van der Waals surface area (Å²) in [5.74, 6) is -3.29. The molecular formula is C27H28F2N2O6. The van der Waals surface area contributed by atoms with Gasteiger partial charge in [0.05, 0.1) is 42.4 Å². The van der Waals surface area contributed by atoms with E-state index in [-0.39, 0.29) is 25.2 Å². The number of ether oxygens (including phenoxy) is 1. The normalized spacial score (nSPS) is 21.6. The zero-order valence-corrected chi connectivity index (χ0v) is 19.8. The quantitative estimate of drug-likeness (QED) is 0.277. The molecule has 3 aromatic carbocycles. The molecule has 4 atom stereocenters. The van der Waals surface area contributed by atoms with Crippen molar-refractivity contribution in [2.75, 3.05) is 13.2 Å². The predicted octanol–water partition coefficient (Wildman–Crippen LogP) is 2.28. The van der Waals surface area contributed by atoms with Gasteiger partial charge in [-0.25, -0.2) is 8.78 Å². The summed E-state index contributed by atoms with van der Waals surface area (Å²) in [5, 5.41) is 38.4. The molecule has 5 rings (SSSR count). The molecule has 1 saturated heterocycles. The van der Waals surface area contributed by atoms with Crippen molar-refractivity contribution in [2.45, 2.75) is 31.5 Å². The number of nitrogens with zero attached hydrogens (tertiary/aromatic N) is 1. The van der Waals surface area contributed by atoms with E-state index < -0.39 is 42.0 Å². The molecule has 1 aliphatic heterocycles. The second-order valence-corrected chi connectivity index (χ2v) is 8.98. The van der Waals surface area contributed by atoms with Crippen LogP contribution in [0.25, 0.3) is 21.7 Å². The molecule has 1 aliphatic rings. The van der Waals surface area contributed by atoms with E-state index in [1.54, 1.807) is 10.8 Å². The van der Waals surface area contributed by atoms with Crippen molar-refractivity contribution in [1.82, 2.24) is 4.57 Å². The van der Waals surface area contributed by atoms with Crippen LogP contribution in [0.1, 0.15) is 22.3 Å². The molecule has 196 valence electrons. The fourth-order valence-electron chi connectivity index (χ4n) is 4.46. The summed E-state index contributed by atoms with van der Waals surface area (Å²) in [6, 6.07) is 16.1. The largest absolute Gasteiger partial charge is 0.396 e. The van der Waals surface area contributed by atoms with Crippen molar-refractivity contribution in [1.29, 1.82) is 0 Å². The third kappa shape index (κ3) is 5.79. The minimum atomic E-state index is -1.18. The third-order valence-electron chi connectivity index (χ3n) is 6.47. The van der Waals surface area contributed by atoms with E-state index in [0.717, 1.165) is 28.5 Å². The fraction of sp³-hybridized carbons (Fsp3) is 0.296. The molecule has 37 heavy (non-hydrogen) atoms. The maximum Gasteiger partial charge on any atom is 0.250 e. The zero-order chi connectivity index (χ0) is 26.7. The van der Waals surface area contributed by atoms with E-state index in [1.807, 2.05) is 42.5 Å². The predicted molar refractivity (Wildman–Crippen MR) is 133 cm³/mol. The van der Waals surface area contributed by atoms with Gasteiger partial charge in [-0.15, -0.1) is 0 Å². The van der Waals surface area contributed by atoms with Gasteiger partial charge >= 0.3 is 0 Å². The minimum absolute atomic E-state index is 0.176. The van der Waals surface area contributed by atoms with E-state index in [9.17, 15) is 23.8 Å². The van der Waals surface area contributed by atoms with Crippen LogP contribution in [-0.2, 0) is 11.3 Å². The first-order chi connectivity index (χ1) is 17.7. The van der Waals surface area contributed by atoms with Crippen LogP contribution in [0.15, 0.2) is 60.8 Å². The lowest BCUT2D eigenvalue weighted by Gasteiger charge is -2.35. The number of amides is 1. The number of aromatic nitrogens is 1. The standard InChI is InChI=1S/C20H14F2N2O.C7H14O5/c21-17-8-15-16(20(23)25)11-24(19(15)9-18(17)22)10-12-5-6-13-3-1-2-4-14(13)7-12;8-2-4-1-6(10)5(3-9)7(11)12-4/h1-9,11H,10H2,(H2,23,25);4-11H,1-3H2. The van der Waals surface area contributed by atoms with Crippen LogP contribution in [0.5, 0.6) is 0 Å². The van der Waals surface area contributed by atoms with Gasteiger partial charge in [-0.1, -0.05) is 36.4 Å². The Balaban J connectivity index is 0.000000225. The van der Waals surface area contributed by atoms with Gasteiger partial charge in [-0.3, -0.25) is 4.79 Å². The molecule has 0 saturated carbocycles. The molecule has 0 radical (unpaired) electrons. The molecular weight excluding hydrogens is 486 g/mol. The number of carbonyl (C=O) groups excluding carboxylic acids is 1. The van der Waals surface area contributed by atoms with Gasteiger partial charge in [-0.2, -0.15) is 0 Å². The van der Waals surface area contributed by atoms with Crippen molar-refractivity contribution in [2.24, 2.45) is 11.7 Å². The van der Waals surface area contributed by atoms with Crippen LogP contribution < -0.4 is 5.73 Å². The van der Waals surface area contributed by atoms with Gasteiger partial charge < -0.3 is 35.5 Å². The maximum atomic E-state index is 13.7. The van der Waals surface area contributed by atoms with Crippen molar-refractivity contribution in [3.63, 3.8) is 0 Å². The molecule has 6 N–H and O–H groups in total. The lowest BCUT2D eigenvalue weighted by Crippen LogP contribution is -2.46. The summed E-state index contributed by atoms with van der Waals surface area (Å²) in [7, 11) is 0. The summed E-state index contributed by atoms with van der Waals surface area (Å²) in [6.07, 6.45) is -0.732. The Hall–Kier alpha value is -3.41. The Kier molecular flexibility index (Phi) is 8.16. The Morgan fingerprint density at radius 1 is 1.00 bits per heavy atom. The summed E-state index contributed by atoms with van der Waals surface area (Å²) in [5.41, 5.74) is 6.97. The van der Waals surface area contributed by atoms with Gasteiger partial charge in [-0.05, 0) is 28.5 Å². The molecule has 4 unspecified atom stereocenters. The summed E-state index contributed by atoms with van der Waals surface area (Å²) in [6.45, 7) is -0.133. The van der Waals surface area contributed by atoms with Gasteiger partial charge in [0.25, 0.3) is 5.91 Å². The van der Waals surface area contributed by atoms with Crippen molar-refractivity contribution < 1.29 is 38.7 Å². The average Bonchev–Trinajstić information content (AvgIpc) is 3.21. The number of nitrogens with two attached hydrogens (primary N) is 1. The SMILES string of the molecule is NC(=O)c1cn(Cc2ccc3ccccc3c2)c2cc(F)c(F)cc12.OCC1CC(O)C(CO)C(O)O1. The van der Waals surface area contributed by atoms with Crippen LogP contribution in [0.4, 0.5) is 8.78 Å². The molecule has 1 amide bonds. The van der Waals surface area contributed by atoms with Crippen molar-refractivity contribution in [3.8, 4) is 0 Å². The number of fused-ring (bicyclic) bond motifs is 2. The molecule has 2 heterocycles. The van der Waals surface area contributed by atoms with Crippen LogP contribution in [-0.4, -0.2) is 62.6 Å². The number of primary amides is 1. The van der Waals surface area contributed by atoms with Crippen LogP contribution in [0.3, 0.4) is 0 Å². The summed E-state index contributed by atoms with van der Waals surface area (Å²) >= 11 is 0. The molecule has 0 bridgehead atoms. The molecule has 1 aromatic heterocycles. The number of halogens is 2. The Bertz CT molecular complexity index is 1400. The first-order valence-electron chi connectivity index (χ1n) is 11.7. The first-order valence-corrected chi connectivity index (χ1v) is 11.7. The minimum Gasteiger partial charge on any atom is -0.396 e. The molecule has 8 nitrogen and oxygen atoms in total. The zero-order valence-electron chi connectivity index (χ0n) is 19.8. The van der Waals surface area contributed by atoms with Crippen LogP contribution >= 0.6 is 0 Å². The number of benzene rings is 3. The molecule has 10 heteroatoms. The molecule has 0 aliphatic carbocycles. The van der Waals surface area contributed by atoms with E-state index in [0.29, 0.717) is 17.4 Å². The lowest BCUT2D eigenvalue weighted by molar-refractivity contribution is -0.237. The van der Waals surface area contributed by atoms with Crippen LogP contribution in [0.2, 0.25) is 0 Å². The van der Waals surface area contributed by atoms with E-state index in [1.165, 1.54) is 0 Å². The molecule has 0 spiro atoms. The van der Waals surface area contributed by atoms with Gasteiger partial charge in [0.2, 0.25) is 0 Å². The third-order valence-corrected chi connectivity index (χ3v) is 6.47. The highest BCUT2D eigenvalue weighted by Gasteiger charge is 2.35. The lowest BCUT2D eigenvalue weighted by atomic mass is 9.94. The Labute approximate surface area is 211 Å². The average molecular weight is 515 g/mol. The van der Waals surface area contributed by atoms with Gasteiger partial charge in [0, 0.05) is 30.6 Å². The summed E-state index contributed by atoms with van der Waals surface area (Å²) < 4.78 is 33.9. The topological polar surface area (TPSA) is 138 Å². The first kappa shape index (κ1) is 26.6. The highest BCUT2D eigenvalue weighted by atomic mass is 19.2. The molecule has 4 aromatic rings. The number of hydrogen-bond donors (Lipinski definition) is 5. The van der Waals surface area contributed by atoms with Crippen molar-refractivity contribution >= 4 is 27.6 Å². The van der Waals surface area contributed by atoms with Gasteiger partial charge in [0.15, 0.2) is 17.9 Å². The van der Waals surface area contributed by atoms with Gasteiger partial charge in [0.1, 0.15) is 0 Å². The monoisotopic (exact) mass is 514 g/mol. The second-order valence-electron chi connectivity index (χ2n) is 8.98. The molecule has 1 fully saturated rings. The highest BCUT2D eigenvalue weighted by molar-refractivity contribution is 6.06. The number of hydrogen-bond acceptors (Lipinski definition) is 6. The van der Waals surface area contributed by atoms with E-state index >= 15 is 0 Å². The summed E-state index contributed by atoms with van der Waals surface area (Å²) in [4.78, 5) is 11.6. The Morgan fingerprint density at radius 3 is 2.35 bits per heavy atom. The van der Waals surface area contributed by atoms with Crippen molar-refractivity contribution in [3.05, 3.63) is 83.6 Å². The Morgan fingerprint density at radius 2 is 1.70 bits per heavy atom. The van der Waals surface area contributed by atoms with E-state index in [2.05, 4.69) is 0 Å². The smallest absolute Gasteiger partial charge is 0.250 e.